The van der Waals surface area contributed by atoms with Crippen LogP contribution in [0.2, 0.25) is 0 Å². The summed E-state index contributed by atoms with van der Waals surface area (Å²) >= 11 is 0. The molecule has 2 aromatic carbocycles. The summed E-state index contributed by atoms with van der Waals surface area (Å²) in [5.41, 5.74) is 2.86. The highest BCUT2D eigenvalue weighted by Gasteiger charge is 2.26. The Morgan fingerprint density at radius 1 is 0.935 bits per heavy atom. The van der Waals surface area contributed by atoms with Gasteiger partial charge in [0.05, 0.1) is 11.5 Å². The summed E-state index contributed by atoms with van der Waals surface area (Å²) in [5.74, 6) is 0.741. The molecular weight excluding hydrogens is 412 g/mol. The van der Waals surface area contributed by atoms with Crippen LogP contribution in [0.25, 0.3) is 0 Å². The van der Waals surface area contributed by atoms with E-state index in [2.05, 4.69) is 6.07 Å². The van der Waals surface area contributed by atoms with E-state index in [4.69, 9.17) is 4.74 Å². The van der Waals surface area contributed by atoms with Crippen LogP contribution >= 0.6 is 0 Å². The molecule has 4 rings (SSSR count). The van der Waals surface area contributed by atoms with Gasteiger partial charge in [0.25, 0.3) is 5.91 Å². The predicted molar refractivity (Wildman–Crippen MR) is 120 cm³/mol. The van der Waals surface area contributed by atoms with E-state index in [0.29, 0.717) is 38.3 Å². The van der Waals surface area contributed by atoms with Crippen LogP contribution in [0.4, 0.5) is 0 Å². The molecule has 166 valence electrons. The number of ether oxygens (including phenoxy) is 1. The third-order valence-corrected chi connectivity index (χ3v) is 8.01. The number of sulfonamides is 1. The zero-order valence-corrected chi connectivity index (χ0v) is 18.9. The molecule has 2 heterocycles. The van der Waals surface area contributed by atoms with E-state index in [1.54, 1.807) is 28.6 Å². The lowest BCUT2D eigenvalue weighted by atomic mass is 9.99. The first-order valence-corrected chi connectivity index (χ1v) is 12.6. The van der Waals surface area contributed by atoms with E-state index in [9.17, 15) is 13.2 Å². The van der Waals surface area contributed by atoms with E-state index in [1.165, 1.54) is 5.56 Å². The van der Waals surface area contributed by atoms with Crippen molar-refractivity contribution < 1.29 is 17.9 Å². The molecule has 0 N–H and O–H groups in total. The second kappa shape index (κ2) is 9.40. The minimum absolute atomic E-state index is 0.0776. The molecule has 2 aliphatic rings. The van der Waals surface area contributed by atoms with Gasteiger partial charge >= 0.3 is 0 Å². The lowest BCUT2D eigenvalue weighted by Gasteiger charge is -2.29. The Bertz CT molecular complexity index is 1030. The summed E-state index contributed by atoms with van der Waals surface area (Å²) in [5, 5.41) is 0. The lowest BCUT2D eigenvalue weighted by molar-refractivity contribution is 0.0734. The van der Waals surface area contributed by atoms with Crippen LogP contribution in [0.3, 0.4) is 0 Å². The van der Waals surface area contributed by atoms with Crippen LogP contribution in [-0.4, -0.2) is 49.8 Å². The number of rotatable bonds is 5. The van der Waals surface area contributed by atoms with E-state index < -0.39 is 10.0 Å². The van der Waals surface area contributed by atoms with Crippen molar-refractivity contribution in [1.29, 1.82) is 0 Å². The smallest absolute Gasteiger partial charge is 0.254 e. The molecule has 0 atom stereocenters. The highest BCUT2D eigenvalue weighted by Crippen LogP contribution is 2.26. The molecule has 1 amide bonds. The molecule has 1 fully saturated rings. The van der Waals surface area contributed by atoms with Gasteiger partial charge in [0.2, 0.25) is 10.0 Å². The quantitative estimate of drug-likeness (QED) is 0.706. The molecule has 31 heavy (non-hydrogen) atoms. The molecule has 0 saturated carbocycles. The Morgan fingerprint density at radius 2 is 1.65 bits per heavy atom. The SMILES string of the molecule is CCOc1ccc2c(c1)CN(C(=O)c1ccc(S(=O)(=O)N3CCCCCC3)cc1)CC2. The fraction of sp³-hybridized carbons (Fsp3) is 0.458. The molecule has 0 radical (unpaired) electrons. The van der Waals surface area contributed by atoms with Crippen LogP contribution in [0.15, 0.2) is 47.4 Å². The van der Waals surface area contributed by atoms with Gasteiger partial charge in [-0.1, -0.05) is 18.9 Å². The molecule has 1 saturated heterocycles. The first-order chi connectivity index (χ1) is 15.0. The highest BCUT2D eigenvalue weighted by molar-refractivity contribution is 7.89. The van der Waals surface area contributed by atoms with Gasteiger partial charge in [-0.25, -0.2) is 8.42 Å². The van der Waals surface area contributed by atoms with Crippen LogP contribution in [0.5, 0.6) is 5.75 Å². The Balaban J connectivity index is 1.48. The van der Waals surface area contributed by atoms with Gasteiger partial charge in [-0.15, -0.1) is 0 Å². The Hall–Kier alpha value is -2.38. The number of benzene rings is 2. The monoisotopic (exact) mass is 442 g/mol. The van der Waals surface area contributed by atoms with Gasteiger partial charge in [-0.05, 0) is 73.7 Å². The maximum Gasteiger partial charge on any atom is 0.254 e. The van der Waals surface area contributed by atoms with Crippen LogP contribution in [-0.2, 0) is 23.0 Å². The fourth-order valence-corrected chi connectivity index (χ4v) is 5.86. The van der Waals surface area contributed by atoms with Gasteiger partial charge < -0.3 is 9.64 Å². The summed E-state index contributed by atoms with van der Waals surface area (Å²) in [6, 6.07) is 12.5. The lowest BCUT2D eigenvalue weighted by Crippen LogP contribution is -2.36. The Labute approximate surface area is 184 Å². The van der Waals surface area contributed by atoms with Crippen molar-refractivity contribution >= 4 is 15.9 Å². The Morgan fingerprint density at radius 3 is 2.32 bits per heavy atom. The van der Waals surface area contributed by atoms with Crippen molar-refractivity contribution in [2.75, 3.05) is 26.2 Å². The van der Waals surface area contributed by atoms with Gasteiger partial charge in [0.1, 0.15) is 5.75 Å². The maximum absolute atomic E-state index is 13.1. The largest absolute Gasteiger partial charge is 0.494 e. The Kier molecular flexibility index (Phi) is 6.62. The van der Waals surface area contributed by atoms with Crippen molar-refractivity contribution in [2.24, 2.45) is 0 Å². The number of hydrogen-bond acceptors (Lipinski definition) is 4. The first kappa shape index (κ1) is 21.8. The standard InChI is InChI=1S/C24H30N2O4S/c1-2-30-22-10-7-19-13-16-25(18-21(19)17-22)24(27)20-8-11-23(12-9-20)31(28,29)26-14-5-3-4-6-15-26/h7-12,17H,2-6,13-16,18H2,1H3. The molecule has 2 aromatic rings. The minimum Gasteiger partial charge on any atom is -0.494 e. The van der Waals surface area contributed by atoms with Gasteiger partial charge in [-0.3, -0.25) is 4.79 Å². The fourth-order valence-electron chi connectivity index (χ4n) is 4.35. The van der Waals surface area contributed by atoms with Crippen molar-refractivity contribution in [3.63, 3.8) is 0 Å². The molecular formula is C24H30N2O4S. The average molecular weight is 443 g/mol. The molecule has 0 spiro atoms. The van der Waals surface area contributed by atoms with Crippen molar-refractivity contribution in [3.05, 3.63) is 59.2 Å². The second-order valence-corrected chi connectivity index (χ2v) is 10.1. The van der Waals surface area contributed by atoms with Gasteiger partial charge in [-0.2, -0.15) is 4.31 Å². The zero-order valence-electron chi connectivity index (χ0n) is 18.0. The van der Waals surface area contributed by atoms with E-state index in [1.807, 2.05) is 24.0 Å². The minimum atomic E-state index is -3.51. The number of nitrogens with zero attached hydrogens (tertiary/aromatic N) is 2. The third kappa shape index (κ3) is 4.77. The molecule has 6 nitrogen and oxygen atoms in total. The molecule has 0 aliphatic carbocycles. The average Bonchev–Trinajstić information content (AvgIpc) is 3.09. The first-order valence-electron chi connectivity index (χ1n) is 11.1. The number of hydrogen-bond donors (Lipinski definition) is 0. The van der Waals surface area contributed by atoms with E-state index in [0.717, 1.165) is 43.4 Å². The second-order valence-electron chi connectivity index (χ2n) is 8.18. The van der Waals surface area contributed by atoms with Crippen LogP contribution in [0, 0.1) is 0 Å². The predicted octanol–water partition coefficient (Wildman–Crippen LogP) is 3.85. The normalized spacial score (nSPS) is 17.6. The van der Waals surface area contributed by atoms with Crippen LogP contribution < -0.4 is 4.74 Å². The molecule has 0 unspecified atom stereocenters. The number of amides is 1. The van der Waals surface area contributed by atoms with Gasteiger partial charge in [0.15, 0.2) is 0 Å². The highest BCUT2D eigenvalue weighted by atomic mass is 32.2. The number of carbonyl (C=O) groups is 1. The van der Waals surface area contributed by atoms with Crippen molar-refractivity contribution in [2.45, 2.75) is 50.5 Å². The summed E-state index contributed by atoms with van der Waals surface area (Å²) in [4.78, 5) is 15.1. The maximum atomic E-state index is 13.1. The third-order valence-electron chi connectivity index (χ3n) is 6.09. The summed E-state index contributed by atoms with van der Waals surface area (Å²) in [7, 11) is -3.51. The topological polar surface area (TPSA) is 66.9 Å². The zero-order chi connectivity index (χ0) is 21.8. The number of fused-ring (bicyclic) bond motifs is 1. The molecule has 0 aromatic heterocycles. The summed E-state index contributed by atoms with van der Waals surface area (Å²) < 4.78 is 33.1. The summed E-state index contributed by atoms with van der Waals surface area (Å²) in [6.45, 7) is 4.87. The summed E-state index contributed by atoms with van der Waals surface area (Å²) in [6.07, 6.45) is 4.75. The van der Waals surface area contributed by atoms with Crippen LogP contribution in [0.1, 0.15) is 54.1 Å². The van der Waals surface area contributed by atoms with Gasteiger partial charge in [0, 0.05) is 31.7 Å². The van der Waals surface area contributed by atoms with Crippen molar-refractivity contribution in [3.8, 4) is 5.75 Å². The van der Waals surface area contributed by atoms with Crippen molar-refractivity contribution in [1.82, 2.24) is 9.21 Å². The number of carbonyl (C=O) groups excluding carboxylic acids is 1. The molecule has 0 bridgehead atoms. The molecule has 2 aliphatic heterocycles. The van der Waals surface area contributed by atoms with E-state index >= 15 is 0 Å². The molecule has 7 heteroatoms. The van der Waals surface area contributed by atoms with E-state index in [-0.39, 0.29) is 10.8 Å².